The van der Waals surface area contributed by atoms with Crippen LogP contribution >= 0.6 is 0 Å². The third-order valence-corrected chi connectivity index (χ3v) is 1.01. The molecule has 11 heavy (non-hydrogen) atoms. The summed E-state index contributed by atoms with van der Waals surface area (Å²) in [5, 5.41) is 8.24. The van der Waals surface area contributed by atoms with Crippen molar-refractivity contribution in [2.45, 2.75) is 20.3 Å². The minimum atomic E-state index is -0.375. The summed E-state index contributed by atoms with van der Waals surface area (Å²) in [5.41, 5.74) is 0.728. The molecule has 0 unspecified atom stereocenters. The Morgan fingerprint density at radius 1 is 1.73 bits per heavy atom. The maximum absolute atomic E-state index is 10.7. The lowest BCUT2D eigenvalue weighted by atomic mass is 10.2. The van der Waals surface area contributed by atoms with E-state index in [2.05, 4.69) is 4.74 Å². The molecule has 0 aromatic rings. The molecule has 0 spiro atoms. The second-order valence-electron chi connectivity index (χ2n) is 2.08. The van der Waals surface area contributed by atoms with Crippen LogP contribution in [0.15, 0.2) is 11.6 Å². The molecule has 60 valence electrons. The van der Waals surface area contributed by atoms with E-state index in [4.69, 9.17) is 5.26 Å². The fourth-order valence-electron chi connectivity index (χ4n) is 0.561. The van der Waals surface area contributed by atoms with Crippen LogP contribution in [-0.2, 0) is 9.53 Å². The Labute approximate surface area is 66.3 Å². The highest BCUT2D eigenvalue weighted by Crippen LogP contribution is 1.97. The van der Waals surface area contributed by atoms with Crippen LogP contribution in [0.2, 0.25) is 0 Å². The van der Waals surface area contributed by atoms with Crippen molar-refractivity contribution < 1.29 is 9.53 Å². The van der Waals surface area contributed by atoms with Gasteiger partial charge in [0.25, 0.3) is 0 Å². The second kappa shape index (κ2) is 5.48. The fraction of sp³-hybridized carbons (Fsp3) is 0.500. The summed E-state index contributed by atoms with van der Waals surface area (Å²) in [7, 11) is 0. The molecule has 3 nitrogen and oxygen atoms in total. The maximum atomic E-state index is 10.7. The Balaban J connectivity index is 3.88. The van der Waals surface area contributed by atoms with Gasteiger partial charge in [-0.1, -0.05) is 5.57 Å². The number of ether oxygens (including phenoxy) is 1. The smallest absolute Gasteiger partial charge is 0.330 e. The second-order valence-corrected chi connectivity index (χ2v) is 2.08. The van der Waals surface area contributed by atoms with Crippen LogP contribution in [0, 0.1) is 11.3 Å². The molecule has 0 N–H and O–H groups in total. The van der Waals surface area contributed by atoms with Gasteiger partial charge in [0.2, 0.25) is 0 Å². The predicted molar refractivity (Wildman–Crippen MR) is 40.6 cm³/mol. The highest BCUT2D eigenvalue weighted by Gasteiger charge is 1.96. The molecule has 0 heterocycles. The van der Waals surface area contributed by atoms with Gasteiger partial charge >= 0.3 is 5.97 Å². The van der Waals surface area contributed by atoms with Crippen LogP contribution in [0.25, 0.3) is 0 Å². The summed E-state index contributed by atoms with van der Waals surface area (Å²) in [5.74, 6) is -0.375. The monoisotopic (exact) mass is 153 g/mol. The Morgan fingerprint density at radius 3 is 2.82 bits per heavy atom. The Hall–Kier alpha value is -1.30. The molecular formula is C8H11NO2. The zero-order valence-corrected chi connectivity index (χ0v) is 6.76. The van der Waals surface area contributed by atoms with Gasteiger partial charge in [-0.3, -0.25) is 0 Å². The summed E-state index contributed by atoms with van der Waals surface area (Å²) in [6.07, 6.45) is 1.62. The van der Waals surface area contributed by atoms with Gasteiger partial charge in [-0.2, -0.15) is 5.26 Å². The van der Waals surface area contributed by atoms with Crippen molar-refractivity contribution in [2.24, 2.45) is 0 Å². The number of carbonyl (C=O) groups is 1. The average Bonchev–Trinajstić information content (AvgIpc) is 1.87. The standard InChI is InChI=1S/C8H11NO2/c1-3-11-8(10)6-7(2)4-5-9/h6H,3-4H2,1-2H3. The molecule has 0 aliphatic carbocycles. The van der Waals surface area contributed by atoms with E-state index >= 15 is 0 Å². The number of esters is 1. The average molecular weight is 153 g/mol. The summed E-state index contributed by atoms with van der Waals surface area (Å²) in [6.45, 7) is 3.83. The molecule has 0 saturated heterocycles. The molecule has 0 rings (SSSR count). The lowest BCUT2D eigenvalue weighted by Crippen LogP contribution is -2.00. The molecule has 0 radical (unpaired) electrons. The van der Waals surface area contributed by atoms with Crippen molar-refractivity contribution in [3.05, 3.63) is 11.6 Å². The molecule has 0 fully saturated rings. The number of nitrogens with zero attached hydrogens (tertiary/aromatic N) is 1. The van der Waals surface area contributed by atoms with Crippen molar-refractivity contribution in [2.75, 3.05) is 6.61 Å². The van der Waals surface area contributed by atoms with Crippen molar-refractivity contribution in [3.8, 4) is 6.07 Å². The van der Waals surface area contributed by atoms with E-state index in [9.17, 15) is 4.79 Å². The van der Waals surface area contributed by atoms with Crippen molar-refractivity contribution in [1.29, 1.82) is 5.26 Å². The summed E-state index contributed by atoms with van der Waals surface area (Å²) < 4.78 is 4.63. The zero-order valence-electron chi connectivity index (χ0n) is 6.76. The molecule has 0 aliphatic rings. The quantitative estimate of drug-likeness (QED) is 0.455. The van der Waals surface area contributed by atoms with E-state index < -0.39 is 0 Å². The summed E-state index contributed by atoms with van der Waals surface area (Å²) >= 11 is 0. The van der Waals surface area contributed by atoms with Gasteiger partial charge in [0.15, 0.2) is 0 Å². The summed E-state index contributed by atoms with van der Waals surface area (Å²) in [4.78, 5) is 10.7. The third-order valence-electron chi connectivity index (χ3n) is 1.01. The highest BCUT2D eigenvalue weighted by atomic mass is 16.5. The number of carbonyl (C=O) groups excluding carboxylic acids is 1. The SMILES string of the molecule is CCOC(=O)C=C(C)CC#N. The lowest BCUT2D eigenvalue weighted by Gasteiger charge is -1.95. The van der Waals surface area contributed by atoms with Gasteiger partial charge < -0.3 is 4.74 Å². The number of hydrogen-bond donors (Lipinski definition) is 0. The van der Waals surface area contributed by atoms with Crippen LogP contribution in [0.5, 0.6) is 0 Å². The molecule has 0 aliphatic heterocycles. The number of allylic oxidation sites excluding steroid dienone is 1. The van der Waals surface area contributed by atoms with Crippen molar-refractivity contribution in [3.63, 3.8) is 0 Å². The third kappa shape index (κ3) is 5.16. The minimum Gasteiger partial charge on any atom is -0.463 e. The molecular weight excluding hydrogens is 142 g/mol. The number of nitriles is 1. The minimum absolute atomic E-state index is 0.277. The van der Waals surface area contributed by atoms with E-state index in [1.165, 1.54) is 6.08 Å². The first-order valence-electron chi connectivity index (χ1n) is 3.41. The van der Waals surface area contributed by atoms with E-state index in [1.54, 1.807) is 13.8 Å². The summed E-state index contributed by atoms with van der Waals surface area (Å²) in [6, 6.07) is 1.94. The maximum Gasteiger partial charge on any atom is 0.330 e. The van der Waals surface area contributed by atoms with Gasteiger partial charge in [0.1, 0.15) is 0 Å². The molecule has 0 atom stereocenters. The Kier molecular flexibility index (Phi) is 4.83. The molecule has 0 aromatic heterocycles. The normalized spacial score (nSPS) is 10.5. The predicted octanol–water partition coefficient (Wildman–Crippen LogP) is 1.41. The fourth-order valence-corrected chi connectivity index (χ4v) is 0.561. The zero-order chi connectivity index (χ0) is 8.69. The van der Waals surface area contributed by atoms with Crippen LogP contribution in [0.3, 0.4) is 0 Å². The lowest BCUT2D eigenvalue weighted by molar-refractivity contribution is -0.137. The van der Waals surface area contributed by atoms with Crippen molar-refractivity contribution >= 4 is 5.97 Å². The van der Waals surface area contributed by atoms with E-state index in [0.717, 1.165) is 5.57 Å². The van der Waals surface area contributed by atoms with E-state index in [1.807, 2.05) is 6.07 Å². The largest absolute Gasteiger partial charge is 0.463 e. The number of hydrogen-bond acceptors (Lipinski definition) is 3. The van der Waals surface area contributed by atoms with Gasteiger partial charge in [-0.25, -0.2) is 4.79 Å². The Bertz CT molecular complexity index is 201. The topological polar surface area (TPSA) is 50.1 Å². The first-order chi connectivity index (χ1) is 5.20. The number of rotatable bonds is 3. The van der Waals surface area contributed by atoms with Crippen LogP contribution < -0.4 is 0 Å². The van der Waals surface area contributed by atoms with Gasteiger partial charge in [0.05, 0.1) is 19.1 Å². The van der Waals surface area contributed by atoms with Gasteiger partial charge in [-0.05, 0) is 13.8 Å². The molecule has 0 amide bonds. The van der Waals surface area contributed by atoms with Crippen LogP contribution in [0.4, 0.5) is 0 Å². The van der Waals surface area contributed by atoms with Crippen LogP contribution in [0.1, 0.15) is 20.3 Å². The van der Waals surface area contributed by atoms with E-state index in [0.29, 0.717) is 6.61 Å². The Morgan fingerprint density at radius 2 is 2.36 bits per heavy atom. The van der Waals surface area contributed by atoms with Gasteiger partial charge in [-0.15, -0.1) is 0 Å². The van der Waals surface area contributed by atoms with E-state index in [-0.39, 0.29) is 12.4 Å². The molecule has 0 aromatic carbocycles. The molecule has 0 saturated carbocycles. The first kappa shape index (κ1) is 9.70. The first-order valence-corrected chi connectivity index (χ1v) is 3.41. The van der Waals surface area contributed by atoms with Crippen LogP contribution in [-0.4, -0.2) is 12.6 Å². The van der Waals surface area contributed by atoms with Gasteiger partial charge in [0, 0.05) is 6.08 Å². The molecule has 0 bridgehead atoms. The highest BCUT2D eigenvalue weighted by molar-refractivity contribution is 5.82. The van der Waals surface area contributed by atoms with Crippen molar-refractivity contribution in [1.82, 2.24) is 0 Å². The molecule has 3 heteroatoms.